The van der Waals surface area contributed by atoms with E-state index in [1.807, 2.05) is 0 Å². The molecule has 0 aromatic carbocycles. The third-order valence-electron chi connectivity index (χ3n) is 0.435. The van der Waals surface area contributed by atoms with Crippen LogP contribution in [0, 0.1) is 0 Å². The summed E-state index contributed by atoms with van der Waals surface area (Å²) in [6.07, 6.45) is 1.49. The zero-order chi connectivity index (χ0) is 4.99. The molecule has 1 radical (unpaired) electrons. The van der Waals surface area contributed by atoms with Crippen molar-refractivity contribution in [2.24, 2.45) is 0 Å². The topological polar surface area (TPSA) is 34.1 Å². The average molecular weight is 174 g/mol. The first-order chi connectivity index (χ1) is 2.81. The molecule has 0 N–H and O–H groups in total. The Morgan fingerprint density at radius 2 is 2.14 bits per heavy atom. The quantitative estimate of drug-likeness (QED) is 0.438. The molecule has 0 amide bonds. The Hall–Kier alpha value is 0.444. The van der Waals surface area contributed by atoms with Gasteiger partial charge in [0.05, 0.1) is 0 Å². The van der Waals surface area contributed by atoms with Gasteiger partial charge in [-0.15, -0.1) is 0 Å². The Balaban J connectivity index is 0. The maximum absolute atomic E-state index is 9.76. The Bertz CT molecular complexity index is 70.1. The second-order valence-electron chi connectivity index (χ2n) is 0.879. The minimum atomic E-state index is -0.463. The van der Waals surface area contributed by atoms with Gasteiger partial charge in [0.1, 0.15) is 0 Å². The van der Waals surface area contributed by atoms with Gasteiger partial charge in [0.15, 0.2) is 0 Å². The Morgan fingerprint density at radius 3 is 2.14 bits per heavy atom. The van der Waals surface area contributed by atoms with Crippen LogP contribution >= 0.6 is 0 Å². The fourth-order valence-corrected chi connectivity index (χ4v) is 0.0722. The molecule has 0 aliphatic carbocycles. The molecule has 0 unspecified atom stereocenters. The molecule has 0 spiro atoms. The van der Waals surface area contributed by atoms with E-state index in [2.05, 4.69) is 0 Å². The molecule has 37 valence electrons. The van der Waals surface area contributed by atoms with Crippen molar-refractivity contribution >= 4 is 12.1 Å². The van der Waals surface area contributed by atoms with Crippen molar-refractivity contribution in [3.63, 3.8) is 0 Å². The number of hydrogen-bond donors (Lipinski definition) is 0. The molecular formula is C4H5O2Y-. The Morgan fingerprint density at radius 1 is 1.71 bits per heavy atom. The van der Waals surface area contributed by atoms with Crippen LogP contribution in [0.2, 0.25) is 0 Å². The van der Waals surface area contributed by atoms with E-state index in [9.17, 15) is 9.59 Å². The number of Topliss-reactive ketones (excluding diaryl/α,β-unsaturated/α-hetero) is 1. The van der Waals surface area contributed by atoms with Gasteiger partial charge in [0.2, 0.25) is 0 Å². The summed E-state index contributed by atoms with van der Waals surface area (Å²) in [6, 6.07) is 0. The van der Waals surface area contributed by atoms with Crippen LogP contribution in [0.3, 0.4) is 0 Å². The second-order valence-corrected chi connectivity index (χ2v) is 0.879. The number of hydrogen-bond acceptors (Lipinski definition) is 2. The SMILES string of the molecule is CCC(=O)[C-]=O.[Y]. The monoisotopic (exact) mass is 174 g/mol. The van der Waals surface area contributed by atoms with E-state index in [1.165, 1.54) is 6.29 Å². The molecule has 0 aromatic rings. The fraction of sp³-hybridized carbons (Fsp3) is 0.500. The van der Waals surface area contributed by atoms with Crippen LogP contribution in [0.15, 0.2) is 0 Å². The summed E-state index contributed by atoms with van der Waals surface area (Å²) in [7, 11) is 0. The van der Waals surface area contributed by atoms with Crippen LogP contribution in [-0.2, 0) is 42.3 Å². The van der Waals surface area contributed by atoms with Crippen molar-refractivity contribution in [2.75, 3.05) is 0 Å². The molecular weight excluding hydrogens is 169 g/mol. The van der Waals surface area contributed by atoms with Gasteiger partial charge in [-0.25, -0.2) is 0 Å². The number of carbonyl (C=O) groups excluding carboxylic acids is 2. The second kappa shape index (κ2) is 6.44. The normalized spacial score (nSPS) is 6.43. The molecule has 0 heterocycles. The molecule has 0 aliphatic rings. The number of ketones is 1. The van der Waals surface area contributed by atoms with Crippen molar-refractivity contribution in [3.05, 3.63) is 0 Å². The fourth-order valence-electron chi connectivity index (χ4n) is 0.0722. The van der Waals surface area contributed by atoms with E-state index in [0.29, 0.717) is 0 Å². The van der Waals surface area contributed by atoms with Gasteiger partial charge in [0.25, 0.3) is 0 Å². The molecule has 0 fully saturated rings. The number of rotatable bonds is 2. The van der Waals surface area contributed by atoms with Crippen molar-refractivity contribution in [1.29, 1.82) is 0 Å². The van der Waals surface area contributed by atoms with Crippen LogP contribution in [0.4, 0.5) is 0 Å². The molecule has 0 saturated heterocycles. The van der Waals surface area contributed by atoms with E-state index >= 15 is 0 Å². The molecule has 0 saturated carbocycles. The maximum Gasteiger partial charge on any atom is 0.0150 e. The molecule has 0 atom stereocenters. The third kappa shape index (κ3) is 6.44. The van der Waals surface area contributed by atoms with Crippen LogP contribution in [-0.4, -0.2) is 12.1 Å². The van der Waals surface area contributed by atoms with Crippen molar-refractivity contribution in [3.8, 4) is 0 Å². The first-order valence-corrected chi connectivity index (χ1v) is 1.72. The van der Waals surface area contributed by atoms with Gasteiger partial charge in [0, 0.05) is 38.5 Å². The zero-order valence-electron chi connectivity index (χ0n) is 4.10. The summed E-state index contributed by atoms with van der Waals surface area (Å²) in [5.74, 6) is -0.463. The van der Waals surface area contributed by atoms with E-state index in [1.54, 1.807) is 6.92 Å². The Kier molecular flexibility index (Phi) is 9.60. The molecule has 0 bridgehead atoms. The average Bonchev–Trinajstić information content (AvgIpc) is 1.65. The van der Waals surface area contributed by atoms with Crippen molar-refractivity contribution in [1.82, 2.24) is 0 Å². The van der Waals surface area contributed by atoms with Gasteiger partial charge in [-0.2, -0.15) is 6.29 Å². The smallest absolute Gasteiger partial charge is 0.0150 e. The number of carbonyl (C=O) groups is 1. The van der Waals surface area contributed by atoms with Gasteiger partial charge >= 0.3 is 0 Å². The summed E-state index contributed by atoms with van der Waals surface area (Å²) >= 11 is 0. The van der Waals surface area contributed by atoms with Crippen molar-refractivity contribution < 1.29 is 42.3 Å². The third-order valence-corrected chi connectivity index (χ3v) is 0.435. The summed E-state index contributed by atoms with van der Waals surface area (Å²) in [6.45, 7) is 1.62. The van der Waals surface area contributed by atoms with Crippen LogP contribution in [0.5, 0.6) is 0 Å². The molecule has 0 rings (SSSR count). The first kappa shape index (κ1) is 10.4. The summed E-state index contributed by atoms with van der Waals surface area (Å²) in [5, 5.41) is 0. The summed E-state index contributed by atoms with van der Waals surface area (Å²) in [5.41, 5.74) is 0. The van der Waals surface area contributed by atoms with Gasteiger partial charge in [-0.05, 0) is 6.42 Å². The minimum Gasteiger partial charge on any atom is -0.534 e. The van der Waals surface area contributed by atoms with E-state index in [0.717, 1.165) is 0 Å². The minimum absolute atomic E-state index is 0. The van der Waals surface area contributed by atoms with Crippen LogP contribution in [0.25, 0.3) is 0 Å². The van der Waals surface area contributed by atoms with E-state index < -0.39 is 5.78 Å². The first-order valence-electron chi connectivity index (χ1n) is 1.72. The molecule has 2 nitrogen and oxygen atoms in total. The molecule has 3 heteroatoms. The summed E-state index contributed by atoms with van der Waals surface area (Å²) < 4.78 is 0. The maximum atomic E-state index is 9.76. The zero-order valence-corrected chi connectivity index (χ0v) is 6.94. The van der Waals surface area contributed by atoms with E-state index in [4.69, 9.17) is 0 Å². The van der Waals surface area contributed by atoms with E-state index in [-0.39, 0.29) is 39.1 Å². The Labute approximate surface area is 67.5 Å². The molecule has 0 aromatic heterocycles. The largest absolute Gasteiger partial charge is 0.534 e. The van der Waals surface area contributed by atoms with Gasteiger partial charge < -0.3 is 9.59 Å². The van der Waals surface area contributed by atoms with Crippen LogP contribution < -0.4 is 0 Å². The predicted octanol–water partition coefficient (Wildman–Crippen LogP) is 0.0727. The summed E-state index contributed by atoms with van der Waals surface area (Å²) in [4.78, 5) is 19.0. The molecule has 0 aliphatic heterocycles. The standard InChI is InChI=1S/C4H5O2.Y/c1-2-4(6)3-5;/h2H2,1H3;/q-1;. The van der Waals surface area contributed by atoms with Crippen LogP contribution in [0.1, 0.15) is 13.3 Å². The van der Waals surface area contributed by atoms with Gasteiger partial charge in [-0.1, -0.05) is 6.92 Å². The molecule has 7 heavy (non-hydrogen) atoms. The predicted molar refractivity (Wildman–Crippen MR) is 21.0 cm³/mol. The van der Waals surface area contributed by atoms with Gasteiger partial charge in [-0.3, -0.25) is 0 Å². The van der Waals surface area contributed by atoms with Crippen molar-refractivity contribution in [2.45, 2.75) is 13.3 Å².